The van der Waals surface area contributed by atoms with E-state index in [1.54, 1.807) is 4.90 Å². The Labute approximate surface area is 108 Å². The molecule has 3 rings (SSSR count). The van der Waals surface area contributed by atoms with Crippen LogP contribution >= 0.6 is 0 Å². The van der Waals surface area contributed by atoms with Crippen molar-refractivity contribution >= 4 is 11.8 Å². The summed E-state index contributed by atoms with van der Waals surface area (Å²) in [5.74, 6) is 2.49. The highest BCUT2D eigenvalue weighted by molar-refractivity contribution is 5.94. The molecule has 0 aromatic carbocycles. The molecule has 1 heterocycles. The van der Waals surface area contributed by atoms with Gasteiger partial charge in [0.1, 0.15) is 6.04 Å². The highest BCUT2D eigenvalue weighted by Gasteiger charge is 2.42. The second kappa shape index (κ2) is 4.56. The monoisotopic (exact) mass is 250 g/mol. The first-order valence-corrected chi connectivity index (χ1v) is 7.25. The second-order valence-corrected chi connectivity index (χ2v) is 6.18. The molecule has 2 saturated carbocycles. The SMILES string of the molecule is CCC1NC(=O)CN(CC2CC3CCC2C3)C1=O. The van der Waals surface area contributed by atoms with Crippen LogP contribution in [-0.2, 0) is 9.59 Å². The maximum atomic E-state index is 12.2. The van der Waals surface area contributed by atoms with Gasteiger partial charge in [0.25, 0.3) is 0 Å². The van der Waals surface area contributed by atoms with E-state index in [-0.39, 0.29) is 24.4 Å². The van der Waals surface area contributed by atoms with Crippen molar-refractivity contribution in [2.75, 3.05) is 13.1 Å². The Balaban J connectivity index is 1.64. The van der Waals surface area contributed by atoms with Crippen molar-refractivity contribution in [1.82, 2.24) is 10.2 Å². The van der Waals surface area contributed by atoms with Gasteiger partial charge >= 0.3 is 0 Å². The third-order valence-corrected chi connectivity index (χ3v) is 5.03. The average Bonchev–Trinajstić information content (AvgIpc) is 2.95. The predicted molar refractivity (Wildman–Crippen MR) is 67.7 cm³/mol. The van der Waals surface area contributed by atoms with Crippen molar-refractivity contribution in [3.05, 3.63) is 0 Å². The summed E-state index contributed by atoms with van der Waals surface area (Å²) in [4.78, 5) is 25.6. The third kappa shape index (κ3) is 2.02. The second-order valence-electron chi connectivity index (χ2n) is 6.18. The van der Waals surface area contributed by atoms with Gasteiger partial charge in [-0.25, -0.2) is 0 Å². The first-order chi connectivity index (χ1) is 8.67. The summed E-state index contributed by atoms with van der Waals surface area (Å²) in [6.45, 7) is 3.02. The molecular weight excluding hydrogens is 228 g/mol. The van der Waals surface area contributed by atoms with Crippen LogP contribution < -0.4 is 5.32 Å². The molecule has 18 heavy (non-hydrogen) atoms. The number of piperazine rings is 1. The lowest BCUT2D eigenvalue weighted by atomic mass is 9.88. The summed E-state index contributed by atoms with van der Waals surface area (Å²) >= 11 is 0. The summed E-state index contributed by atoms with van der Waals surface area (Å²) in [5, 5.41) is 2.77. The normalized spacial score (nSPS) is 39.3. The van der Waals surface area contributed by atoms with Crippen molar-refractivity contribution < 1.29 is 9.59 Å². The van der Waals surface area contributed by atoms with Gasteiger partial charge in [-0.3, -0.25) is 9.59 Å². The van der Waals surface area contributed by atoms with E-state index < -0.39 is 0 Å². The molecule has 2 bridgehead atoms. The Hall–Kier alpha value is -1.06. The van der Waals surface area contributed by atoms with Crippen LogP contribution in [0.5, 0.6) is 0 Å². The van der Waals surface area contributed by atoms with Gasteiger partial charge in [0.15, 0.2) is 0 Å². The van der Waals surface area contributed by atoms with Crippen molar-refractivity contribution in [2.45, 2.75) is 45.1 Å². The van der Waals surface area contributed by atoms with Gasteiger partial charge < -0.3 is 10.2 Å². The zero-order valence-corrected chi connectivity index (χ0v) is 11.0. The smallest absolute Gasteiger partial charge is 0.245 e. The Bertz CT molecular complexity index is 369. The van der Waals surface area contributed by atoms with E-state index >= 15 is 0 Å². The van der Waals surface area contributed by atoms with Crippen LogP contribution in [0.1, 0.15) is 39.0 Å². The van der Waals surface area contributed by atoms with Crippen LogP contribution in [0.3, 0.4) is 0 Å². The van der Waals surface area contributed by atoms with Gasteiger partial charge in [-0.05, 0) is 43.4 Å². The fourth-order valence-corrected chi connectivity index (χ4v) is 4.09. The molecule has 2 aliphatic carbocycles. The minimum Gasteiger partial charge on any atom is -0.343 e. The van der Waals surface area contributed by atoms with Crippen molar-refractivity contribution in [2.24, 2.45) is 17.8 Å². The highest BCUT2D eigenvalue weighted by Crippen LogP contribution is 2.48. The van der Waals surface area contributed by atoms with E-state index in [0.717, 1.165) is 18.4 Å². The Morgan fingerprint density at radius 2 is 2.11 bits per heavy atom. The number of carbonyl (C=O) groups is 2. The van der Waals surface area contributed by atoms with E-state index in [1.165, 1.54) is 25.7 Å². The minimum atomic E-state index is -0.287. The number of fused-ring (bicyclic) bond motifs is 2. The summed E-state index contributed by atoms with van der Waals surface area (Å²) in [7, 11) is 0. The van der Waals surface area contributed by atoms with Crippen LogP contribution in [0.25, 0.3) is 0 Å². The fraction of sp³-hybridized carbons (Fsp3) is 0.857. The van der Waals surface area contributed by atoms with Gasteiger partial charge in [-0.1, -0.05) is 13.3 Å². The van der Waals surface area contributed by atoms with Gasteiger partial charge in [0.05, 0.1) is 6.54 Å². The van der Waals surface area contributed by atoms with Crippen molar-refractivity contribution in [3.8, 4) is 0 Å². The highest BCUT2D eigenvalue weighted by atomic mass is 16.2. The number of rotatable bonds is 3. The maximum absolute atomic E-state index is 12.2. The molecule has 0 aromatic heterocycles. The van der Waals surface area contributed by atoms with Crippen LogP contribution in [0.2, 0.25) is 0 Å². The first-order valence-electron chi connectivity index (χ1n) is 7.25. The van der Waals surface area contributed by atoms with Crippen LogP contribution in [0.15, 0.2) is 0 Å². The van der Waals surface area contributed by atoms with Crippen molar-refractivity contribution in [3.63, 3.8) is 0 Å². The maximum Gasteiger partial charge on any atom is 0.245 e. The molecule has 4 nitrogen and oxygen atoms in total. The molecule has 1 aliphatic heterocycles. The third-order valence-electron chi connectivity index (χ3n) is 5.03. The molecule has 1 N–H and O–H groups in total. The largest absolute Gasteiger partial charge is 0.343 e. The molecule has 4 atom stereocenters. The van der Waals surface area contributed by atoms with Gasteiger partial charge in [-0.2, -0.15) is 0 Å². The molecule has 1 saturated heterocycles. The standard InChI is InChI=1S/C14H22N2O2/c1-2-12-14(18)16(8-13(17)15-12)7-11-6-9-3-4-10(11)5-9/h9-12H,2-8H2,1H3,(H,15,17). The van der Waals surface area contributed by atoms with Crippen LogP contribution in [0.4, 0.5) is 0 Å². The summed E-state index contributed by atoms with van der Waals surface area (Å²) in [6, 6.07) is -0.287. The molecule has 4 heteroatoms. The van der Waals surface area contributed by atoms with Gasteiger partial charge in [-0.15, -0.1) is 0 Å². The number of amides is 2. The van der Waals surface area contributed by atoms with E-state index in [4.69, 9.17) is 0 Å². The topological polar surface area (TPSA) is 49.4 Å². The number of hydrogen-bond acceptors (Lipinski definition) is 2. The lowest BCUT2D eigenvalue weighted by molar-refractivity contribution is -0.145. The molecule has 4 unspecified atom stereocenters. The molecule has 3 fully saturated rings. The molecule has 3 aliphatic rings. The van der Waals surface area contributed by atoms with Gasteiger partial charge in [0, 0.05) is 6.54 Å². The molecule has 0 radical (unpaired) electrons. The quantitative estimate of drug-likeness (QED) is 0.817. The van der Waals surface area contributed by atoms with Crippen LogP contribution in [0, 0.1) is 17.8 Å². The van der Waals surface area contributed by atoms with E-state index in [0.29, 0.717) is 12.3 Å². The van der Waals surface area contributed by atoms with Crippen LogP contribution in [-0.4, -0.2) is 35.8 Å². The number of carbonyl (C=O) groups excluding carboxylic acids is 2. The molecule has 0 aromatic rings. The van der Waals surface area contributed by atoms with E-state index in [9.17, 15) is 9.59 Å². The zero-order valence-electron chi connectivity index (χ0n) is 11.0. The summed E-state index contributed by atoms with van der Waals surface area (Å²) in [6.07, 6.45) is 6.04. The molecule has 0 spiro atoms. The first kappa shape index (κ1) is 12.0. The fourth-order valence-electron chi connectivity index (χ4n) is 4.09. The summed E-state index contributed by atoms with van der Waals surface area (Å²) in [5.41, 5.74) is 0. The molecule has 2 amide bonds. The molecular formula is C14H22N2O2. The Kier molecular flexibility index (Phi) is 3.04. The van der Waals surface area contributed by atoms with Gasteiger partial charge in [0.2, 0.25) is 11.8 Å². The van der Waals surface area contributed by atoms with Crippen molar-refractivity contribution in [1.29, 1.82) is 0 Å². The minimum absolute atomic E-state index is 0.00427. The average molecular weight is 250 g/mol. The number of hydrogen-bond donors (Lipinski definition) is 1. The van der Waals surface area contributed by atoms with E-state index in [1.807, 2.05) is 6.92 Å². The number of nitrogens with zero attached hydrogens (tertiary/aromatic N) is 1. The number of nitrogens with one attached hydrogen (secondary N) is 1. The Morgan fingerprint density at radius 3 is 2.72 bits per heavy atom. The van der Waals surface area contributed by atoms with E-state index in [2.05, 4.69) is 5.32 Å². The molecule has 100 valence electrons. The summed E-state index contributed by atoms with van der Waals surface area (Å²) < 4.78 is 0. The zero-order chi connectivity index (χ0) is 12.7. The predicted octanol–water partition coefficient (Wildman–Crippen LogP) is 1.16. The lowest BCUT2D eigenvalue weighted by Crippen LogP contribution is -2.58. The lowest BCUT2D eigenvalue weighted by Gasteiger charge is -2.35. The Morgan fingerprint density at radius 1 is 1.28 bits per heavy atom.